The number of quaternary nitrogens is 1. The van der Waals surface area contributed by atoms with Crippen LogP contribution in [-0.4, -0.2) is 18.2 Å². The Morgan fingerprint density at radius 2 is 1.91 bits per heavy atom. The minimum atomic E-state index is -0.0437. The van der Waals surface area contributed by atoms with Gasteiger partial charge in [-0.2, -0.15) is 5.26 Å². The monoisotopic (exact) mass is 326 g/mol. The summed E-state index contributed by atoms with van der Waals surface area (Å²) in [5, 5.41) is 13.6. The first-order valence-corrected chi connectivity index (χ1v) is 8.46. The number of nitrogens with two attached hydrogens (primary N) is 1. The molecule has 0 heterocycles. The highest BCUT2D eigenvalue weighted by Crippen LogP contribution is 2.26. The van der Waals surface area contributed by atoms with Crippen molar-refractivity contribution in [2.75, 3.05) is 17.6 Å². The van der Waals surface area contributed by atoms with E-state index in [1.54, 1.807) is 0 Å². The summed E-state index contributed by atoms with van der Waals surface area (Å²) >= 11 is 1.42. The highest BCUT2D eigenvalue weighted by molar-refractivity contribution is 7.99. The lowest BCUT2D eigenvalue weighted by Crippen LogP contribution is -2.86. The molecule has 2 aromatic rings. The Kier molecular flexibility index (Phi) is 6.67. The van der Waals surface area contributed by atoms with E-state index in [-0.39, 0.29) is 11.9 Å². The van der Waals surface area contributed by atoms with E-state index in [2.05, 4.69) is 30.4 Å². The maximum absolute atomic E-state index is 12.2. The van der Waals surface area contributed by atoms with Gasteiger partial charge in [0.25, 0.3) is 5.91 Å². The Labute approximate surface area is 140 Å². The first-order valence-electron chi connectivity index (χ1n) is 7.47. The molecule has 0 aliphatic rings. The smallest absolute Gasteiger partial charge is 0.279 e. The van der Waals surface area contributed by atoms with Crippen molar-refractivity contribution < 1.29 is 10.1 Å². The third-order valence-corrected chi connectivity index (χ3v) is 4.38. The van der Waals surface area contributed by atoms with Gasteiger partial charge >= 0.3 is 0 Å². The fourth-order valence-corrected chi connectivity index (χ4v) is 2.85. The van der Waals surface area contributed by atoms with Crippen LogP contribution < -0.4 is 10.6 Å². The zero-order chi connectivity index (χ0) is 16.5. The molecule has 1 amide bonds. The largest absolute Gasteiger partial charge is 0.333 e. The number of nitriles is 1. The molecule has 23 heavy (non-hydrogen) atoms. The third-order valence-electron chi connectivity index (χ3n) is 3.44. The summed E-state index contributed by atoms with van der Waals surface area (Å²) in [6.45, 7) is 2.44. The van der Waals surface area contributed by atoms with Crippen LogP contribution in [0.15, 0.2) is 59.5 Å². The molecular weight excluding hydrogens is 306 g/mol. The average Bonchev–Trinajstić information content (AvgIpc) is 2.59. The van der Waals surface area contributed by atoms with E-state index in [1.165, 1.54) is 17.3 Å². The van der Waals surface area contributed by atoms with Crippen molar-refractivity contribution in [3.8, 4) is 6.07 Å². The molecule has 0 bridgehead atoms. The second-order valence-electron chi connectivity index (χ2n) is 5.13. The number of thioether (sulfide) groups is 1. The van der Waals surface area contributed by atoms with Crippen molar-refractivity contribution in [3.05, 3.63) is 60.2 Å². The van der Waals surface area contributed by atoms with Gasteiger partial charge in [-0.25, -0.2) is 0 Å². The molecule has 0 unspecified atom stereocenters. The molecule has 0 saturated carbocycles. The van der Waals surface area contributed by atoms with Crippen LogP contribution in [0.5, 0.6) is 0 Å². The van der Waals surface area contributed by atoms with Gasteiger partial charge in [-0.3, -0.25) is 4.79 Å². The maximum atomic E-state index is 12.2. The van der Waals surface area contributed by atoms with E-state index >= 15 is 0 Å². The Morgan fingerprint density at radius 3 is 2.65 bits per heavy atom. The SMILES string of the molecule is C[C@@H]([NH2+]CC(=O)Nc1ccccc1SCC#N)c1ccccc1. The van der Waals surface area contributed by atoms with Gasteiger partial charge < -0.3 is 10.6 Å². The number of anilines is 1. The van der Waals surface area contributed by atoms with Crippen molar-refractivity contribution in [1.29, 1.82) is 5.26 Å². The van der Waals surface area contributed by atoms with Crippen LogP contribution in [0.2, 0.25) is 0 Å². The number of nitrogens with zero attached hydrogens (tertiary/aromatic N) is 1. The molecule has 0 aliphatic heterocycles. The van der Waals surface area contributed by atoms with Crippen LogP contribution in [0.1, 0.15) is 18.5 Å². The van der Waals surface area contributed by atoms with Crippen LogP contribution in [0.25, 0.3) is 0 Å². The highest BCUT2D eigenvalue weighted by atomic mass is 32.2. The number of carbonyl (C=O) groups excluding carboxylic acids is 1. The highest BCUT2D eigenvalue weighted by Gasteiger charge is 2.12. The molecule has 5 heteroatoms. The van der Waals surface area contributed by atoms with Gasteiger partial charge in [0.1, 0.15) is 6.04 Å². The van der Waals surface area contributed by atoms with Crippen molar-refractivity contribution in [2.45, 2.75) is 17.9 Å². The number of carbonyl (C=O) groups is 1. The zero-order valence-electron chi connectivity index (χ0n) is 13.0. The second kappa shape index (κ2) is 8.99. The van der Waals surface area contributed by atoms with Crippen molar-refractivity contribution in [1.82, 2.24) is 0 Å². The number of rotatable bonds is 7. The normalized spacial score (nSPS) is 11.5. The topological polar surface area (TPSA) is 69.5 Å². The Morgan fingerprint density at radius 1 is 1.22 bits per heavy atom. The number of benzene rings is 2. The first-order chi connectivity index (χ1) is 11.2. The lowest BCUT2D eigenvalue weighted by atomic mass is 10.1. The molecule has 2 rings (SSSR count). The molecule has 2 aromatic carbocycles. The van der Waals surface area contributed by atoms with Gasteiger partial charge in [0.2, 0.25) is 0 Å². The average molecular weight is 326 g/mol. The van der Waals surface area contributed by atoms with Crippen molar-refractivity contribution in [2.24, 2.45) is 0 Å². The lowest BCUT2D eigenvalue weighted by molar-refractivity contribution is -0.682. The summed E-state index contributed by atoms with van der Waals surface area (Å²) < 4.78 is 0. The summed E-state index contributed by atoms with van der Waals surface area (Å²) in [6.07, 6.45) is 0. The summed E-state index contributed by atoms with van der Waals surface area (Å²) in [7, 11) is 0. The lowest BCUT2D eigenvalue weighted by Gasteiger charge is -2.12. The molecule has 0 fully saturated rings. The number of para-hydroxylation sites is 1. The molecular formula is C18H20N3OS+. The van der Waals surface area contributed by atoms with Crippen LogP contribution in [0.4, 0.5) is 5.69 Å². The van der Waals surface area contributed by atoms with Crippen LogP contribution >= 0.6 is 11.8 Å². The van der Waals surface area contributed by atoms with E-state index < -0.39 is 0 Å². The van der Waals surface area contributed by atoms with Crippen LogP contribution in [0, 0.1) is 11.3 Å². The fourth-order valence-electron chi connectivity index (χ4n) is 2.18. The minimum absolute atomic E-state index is 0.0437. The van der Waals surface area contributed by atoms with Gasteiger partial charge in [-0.1, -0.05) is 42.5 Å². The summed E-state index contributed by atoms with van der Waals surface area (Å²) in [5.41, 5.74) is 1.96. The fraction of sp³-hybridized carbons (Fsp3) is 0.222. The van der Waals surface area contributed by atoms with Crippen molar-refractivity contribution in [3.63, 3.8) is 0 Å². The number of hydrogen-bond acceptors (Lipinski definition) is 3. The van der Waals surface area contributed by atoms with Gasteiger partial charge in [0, 0.05) is 10.5 Å². The van der Waals surface area contributed by atoms with Gasteiger partial charge in [0.15, 0.2) is 6.54 Å². The molecule has 0 saturated heterocycles. The molecule has 0 spiro atoms. The molecule has 0 radical (unpaired) electrons. The molecule has 0 aromatic heterocycles. The maximum Gasteiger partial charge on any atom is 0.279 e. The van der Waals surface area contributed by atoms with E-state index in [0.717, 1.165) is 10.6 Å². The van der Waals surface area contributed by atoms with E-state index in [9.17, 15) is 4.79 Å². The first kappa shape index (κ1) is 17.1. The van der Waals surface area contributed by atoms with E-state index in [4.69, 9.17) is 5.26 Å². The Bertz CT molecular complexity index is 682. The van der Waals surface area contributed by atoms with Gasteiger partial charge in [0.05, 0.1) is 17.5 Å². The van der Waals surface area contributed by atoms with Gasteiger partial charge in [-0.15, -0.1) is 11.8 Å². The number of nitrogens with one attached hydrogen (secondary N) is 1. The molecule has 3 N–H and O–H groups in total. The molecule has 1 atom stereocenters. The third kappa shape index (κ3) is 5.44. The minimum Gasteiger partial charge on any atom is -0.333 e. The summed E-state index contributed by atoms with van der Waals surface area (Å²) in [5.74, 6) is 0.321. The molecule has 118 valence electrons. The van der Waals surface area contributed by atoms with Crippen LogP contribution in [0.3, 0.4) is 0 Å². The quantitative estimate of drug-likeness (QED) is 0.768. The van der Waals surface area contributed by atoms with E-state index in [1.807, 2.05) is 47.8 Å². The number of hydrogen-bond donors (Lipinski definition) is 2. The Hall–Kier alpha value is -2.29. The van der Waals surface area contributed by atoms with E-state index in [0.29, 0.717) is 12.3 Å². The summed E-state index contributed by atoms with van der Waals surface area (Å²) in [6, 6.07) is 20.0. The predicted octanol–water partition coefficient (Wildman–Crippen LogP) is 2.57. The standard InChI is InChI=1S/C18H19N3OS/c1-14(15-7-3-2-4-8-15)20-13-18(22)21-16-9-5-6-10-17(16)23-12-11-19/h2-10,14,20H,12-13H2,1H3,(H,21,22)/p+1/t14-/m1/s1. The molecule has 4 nitrogen and oxygen atoms in total. The number of amides is 1. The Balaban J connectivity index is 1.89. The summed E-state index contributed by atoms with van der Waals surface area (Å²) in [4.78, 5) is 13.1. The van der Waals surface area contributed by atoms with Crippen molar-refractivity contribution >= 4 is 23.4 Å². The predicted molar refractivity (Wildman–Crippen MR) is 93.1 cm³/mol. The second-order valence-corrected chi connectivity index (χ2v) is 6.15. The van der Waals surface area contributed by atoms with Crippen LogP contribution in [-0.2, 0) is 4.79 Å². The van der Waals surface area contributed by atoms with Gasteiger partial charge in [-0.05, 0) is 19.1 Å². The zero-order valence-corrected chi connectivity index (χ0v) is 13.8. The molecule has 0 aliphatic carbocycles.